The highest BCUT2D eigenvalue weighted by Crippen LogP contribution is 2.32. The van der Waals surface area contributed by atoms with Gasteiger partial charge in [0, 0.05) is 41.1 Å². The third-order valence-electron chi connectivity index (χ3n) is 3.56. The molecule has 0 bridgehead atoms. The van der Waals surface area contributed by atoms with Crippen molar-refractivity contribution in [3.05, 3.63) is 33.9 Å². The second-order valence-electron chi connectivity index (χ2n) is 5.10. The molecule has 1 aromatic heterocycles. The largest absolute Gasteiger partial charge is 0.346 e. The average molecular weight is 309 g/mol. The third-order valence-corrected chi connectivity index (χ3v) is 4.44. The minimum atomic E-state index is 0.572. The molecule has 0 fully saturated rings. The summed E-state index contributed by atoms with van der Waals surface area (Å²) >= 11 is 3.77. The van der Waals surface area contributed by atoms with E-state index < -0.39 is 0 Å². The third kappa shape index (κ3) is 2.34. The maximum absolute atomic E-state index is 3.77. The van der Waals surface area contributed by atoms with E-state index in [2.05, 4.69) is 64.9 Å². The molecule has 2 nitrogen and oxygen atoms in total. The van der Waals surface area contributed by atoms with Gasteiger partial charge in [0.25, 0.3) is 0 Å². The Balaban J connectivity index is 2.55. The van der Waals surface area contributed by atoms with E-state index in [4.69, 9.17) is 0 Å². The first-order chi connectivity index (χ1) is 8.56. The van der Waals surface area contributed by atoms with Gasteiger partial charge < -0.3 is 9.88 Å². The minimum Gasteiger partial charge on any atom is -0.346 e. The summed E-state index contributed by atoms with van der Waals surface area (Å²) < 4.78 is 3.54. The van der Waals surface area contributed by atoms with Crippen LogP contribution in [0.3, 0.4) is 0 Å². The molecule has 98 valence electrons. The lowest BCUT2D eigenvalue weighted by Crippen LogP contribution is -2.12. The second-order valence-corrected chi connectivity index (χ2v) is 5.90. The van der Waals surface area contributed by atoms with Crippen LogP contribution in [0.4, 0.5) is 0 Å². The summed E-state index contributed by atoms with van der Waals surface area (Å²) in [6.07, 6.45) is 1.04. The summed E-state index contributed by atoms with van der Waals surface area (Å²) in [5, 5.41) is 4.54. The number of nitrogens with one attached hydrogen (secondary N) is 1. The molecule has 1 N–H and O–H groups in total. The van der Waals surface area contributed by atoms with Gasteiger partial charge in [-0.3, -0.25) is 0 Å². The van der Waals surface area contributed by atoms with E-state index in [0.29, 0.717) is 5.92 Å². The Morgan fingerprint density at radius 3 is 2.67 bits per heavy atom. The Morgan fingerprint density at radius 2 is 2.06 bits per heavy atom. The van der Waals surface area contributed by atoms with Crippen LogP contribution in [0.15, 0.2) is 22.7 Å². The van der Waals surface area contributed by atoms with Gasteiger partial charge in [0.2, 0.25) is 0 Å². The fourth-order valence-corrected chi connectivity index (χ4v) is 3.13. The average Bonchev–Trinajstić information content (AvgIpc) is 2.59. The Bertz CT molecular complexity index is 555. The molecule has 0 spiro atoms. The lowest BCUT2D eigenvalue weighted by atomic mass is 10.0. The number of likely N-dealkylation sites (N-methyl/N-ethyl adjacent to an activating group) is 1. The van der Waals surface area contributed by atoms with Gasteiger partial charge >= 0.3 is 0 Å². The molecular formula is C15H21BrN2. The van der Waals surface area contributed by atoms with E-state index in [0.717, 1.165) is 13.0 Å². The molecule has 0 unspecified atom stereocenters. The number of halogens is 1. The van der Waals surface area contributed by atoms with Crippen molar-refractivity contribution in [1.29, 1.82) is 0 Å². The number of aromatic nitrogens is 1. The number of hydrogen-bond acceptors (Lipinski definition) is 1. The lowest BCUT2D eigenvalue weighted by molar-refractivity contribution is 0.743. The van der Waals surface area contributed by atoms with Crippen molar-refractivity contribution in [2.45, 2.75) is 26.2 Å². The first-order valence-corrected chi connectivity index (χ1v) is 7.26. The molecule has 0 aliphatic heterocycles. The normalized spacial score (nSPS) is 11.7. The monoisotopic (exact) mass is 308 g/mol. The highest BCUT2D eigenvalue weighted by molar-refractivity contribution is 9.10. The molecule has 0 amide bonds. The standard InChI is InChI=1S/C15H21BrN2/c1-10(2)11-5-6-13-12(9-11)15(16)14(18(13)4)7-8-17-3/h5-6,9-10,17H,7-8H2,1-4H3. The van der Waals surface area contributed by atoms with E-state index >= 15 is 0 Å². The van der Waals surface area contributed by atoms with Crippen LogP contribution in [0.5, 0.6) is 0 Å². The smallest absolute Gasteiger partial charge is 0.0491 e. The quantitative estimate of drug-likeness (QED) is 0.908. The highest BCUT2D eigenvalue weighted by atomic mass is 79.9. The van der Waals surface area contributed by atoms with Crippen LogP contribution in [-0.2, 0) is 13.5 Å². The summed E-state index contributed by atoms with van der Waals surface area (Å²) in [6, 6.07) is 6.78. The maximum atomic E-state index is 3.77. The molecule has 0 saturated carbocycles. The molecule has 2 rings (SSSR count). The summed E-state index contributed by atoms with van der Waals surface area (Å²) in [7, 11) is 4.14. The van der Waals surface area contributed by atoms with Crippen molar-refractivity contribution in [2.24, 2.45) is 7.05 Å². The van der Waals surface area contributed by atoms with Gasteiger partial charge in [-0.2, -0.15) is 0 Å². The Morgan fingerprint density at radius 1 is 1.33 bits per heavy atom. The van der Waals surface area contributed by atoms with Gasteiger partial charge in [-0.15, -0.1) is 0 Å². The van der Waals surface area contributed by atoms with Crippen molar-refractivity contribution >= 4 is 26.8 Å². The zero-order valence-corrected chi connectivity index (χ0v) is 13.1. The zero-order valence-electron chi connectivity index (χ0n) is 11.5. The van der Waals surface area contributed by atoms with E-state index in [1.165, 1.54) is 26.6 Å². The highest BCUT2D eigenvalue weighted by Gasteiger charge is 2.13. The Labute approximate surface area is 118 Å². The number of rotatable bonds is 4. The Hall–Kier alpha value is -0.800. The SMILES string of the molecule is CNCCc1c(Br)c2cc(C(C)C)ccc2n1C. The molecule has 1 aromatic carbocycles. The van der Waals surface area contributed by atoms with Crippen LogP contribution in [0.1, 0.15) is 31.0 Å². The van der Waals surface area contributed by atoms with Gasteiger partial charge in [-0.25, -0.2) is 0 Å². The molecule has 2 aromatic rings. The minimum absolute atomic E-state index is 0.572. The zero-order chi connectivity index (χ0) is 13.3. The molecular weight excluding hydrogens is 288 g/mol. The number of benzene rings is 1. The Kier molecular flexibility index (Phi) is 4.13. The number of fused-ring (bicyclic) bond motifs is 1. The van der Waals surface area contributed by atoms with Crippen LogP contribution >= 0.6 is 15.9 Å². The van der Waals surface area contributed by atoms with E-state index in [1.807, 2.05) is 7.05 Å². The summed E-state index contributed by atoms with van der Waals surface area (Å²) in [5.41, 5.74) is 4.06. The number of nitrogens with zero attached hydrogens (tertiary/aromatic N) is 1. The van der Waals surface area contributed by atoms with E-state index in [-0.39, 0.29) is 0 Å². The predicted octanol–water partition coefficient (Wildman–Crippen LogP) is 3.83. The van der Waals surface area contributed by atoms with Crippen LogP contribution in [0, 0.1) is 0 Å². The lowest BCUT2D eigenvalue weighted by Gasteiger charge is -2.06. The number of aryl methyl sites for hydroxylation is 1. The van der Waals surface area contributed by atoms with Gasteiger partial charge in [0.15, 0.2) is 0 Å². The van der Waals surface area contributed by atoms with Crippen LogP contribution < -0.4 is 5.32 Å². The van der Waals surface area contributed by atoms with Crippen molar-refractivity contribution < 1.29 is 0 Å². The summed E-state index contributed by atoms with van der Waals surface area (Å²) in [6.45, 7) is 5.47. The molecule has 0 atom stereocenters. The van der Waals surface area contributed by atoms with Crippen LogP contribution in [0.2, 0.25) is 0 Å². The van der Waals surface area contributed by atoms with Crippen molar-refractivity contribution in [2.75, 3.05) is 13.6 Å². The molecule has 18 heavy (non-hydrogen) atoms. The van der Waals surface area contributed by atoms with Gasteiger partial charge in [-0.1, -0.05) is 19.9 Å². The van der Waals surface area contributed by atoms with Crippen molar-refractivity contribution in [1.82, 2.24) is 9.88 Å². The fraction of sp³-hybridized carbons (Fsp3) is 0.467. The summed E-state index contributed by atoms with van der Waals surface area (Å²) in [5.74, 6) is 0.572. The molecule has 0 aliphatic carbocycles. The first-order valence-electron chi connectivity index (χ1n) is 6.47. The molecule has 0 saturated heterocycles. The van der Waals surface area contributed by atoms with E-state index in [9.17, 15) is 0 Å². The molecule has 0 aliphatic rings. The maximum Gasteiger partial charge on any atom is 0.0491 e. The predicted molar refractivity (Wildman–Crippen MR) is 82.3 cm³/mol. The summed E-state index contributed by atoms with van der Waals surface area (Å²) in [4.78, 5) is 0. The van der Waals surface area contributed by atoms with Gasteiger partial charge in [-0.05, 0) is 46.6 Å². The van der Waals surface area contributed by atoms with E-state index in [1.54, 1.807) is 0 Å². The second kappa shape index (κ2) is 5.45. The molecule has 3 heteroatoms. The van der Waals surface area contributed by atoms with Crippen molar-refractivity contribution in [3.63, 3.8) is 0 Å². The molecule has 1 heterocycles. The fourth-order valence-electron chi connectivity index (χ4n) is 2.35. The molecule has 0 radical (unpaired) electrons. The van der Waals surface area contributed by atoms with Crippen LogP contribution in [-0.4, -0.2) is 18.2 Å². The number of hydrogen-bond donors (Lipinski definition) is 1. The van der Waals surface area contributed by atoms with Gasteiger partial charge in [0.05, 0.1) is 0 Å². The van der Waals surface area contributed by atoms with Gasteiger partial charge in [0.1, 0.15) is 0 Å². The topological polar surface area (TPSA) is 17.0 Å². The first kappa shape index (κ1) is 13.6. The van der Waals surface area contributed by atoms with Crippen LogP contribution in [0.25, 0.3) is 10.9 Å². The van der Waals surface area contributed by atoms with Crippen molar-refractivity contribution in [3.8, 4) is 0 Å².